The van der Waals surface area contributed by atoms with E-state index in [4.69, 9.17) is 0 Å². The maximum Gasteiger partial charge on any atom is 0.125 e. The van der Waals surface area contributed by atoms with Crippen LogP contribution in [0.3, 0.4) is 0 Å². The number of aromatic nitrogens is 3. The van der Waals surface area contributed by atoms with Gasteiger partial charge in [-0.1, -0.05) is 35.5 Å². The number of hydrogen-bond acceptors (Lipinski definition) is 3. The van der Waals surface area contributed by atoms with Crippen LogP contribution in [0.2, 0.25) is 0 Å². The maximum atomic E-state index is 9.67. The van der Waals surface area contributed by atoms with Crippen LogP contribution in [-0.2, 0) is 0 Å². The summed E-state index contributed by atoms with van der Waals surface area (Å²) in [5.74, 6) is 0.180. The summed E-state index contributed by atoms with van der Waals surface area (Å²) < 4.78 is 0. The van der Waals surface area contributed by atoms with Crippen molar-refractivity contribution in [1.82, 2.24) is 15.4 Å². The van der Waals surface area contributed by atoms with Crippen LogP contribution in [0.4, 0.5) is 0 Å². The Morgan fingerprint density at radius 3 is 2.71 bits per heavy atom. The monoisotopic (exact) mass is 187 g/mol. The smallest absolute Gasteiger partial charge is 0.125 e. The summed E-state index contributed by atoms with van der Waals surface area (Å²) in [7, 11) is 0. The zero-order valence-electron chi connectivity index (χ0n) is 7.38. The quantitative estimate of drug-likeness (QED) is 0.705. The molecule has 1 aromatic heterocycles. The molecule has 0 radical (unpaired) electrons. The molecule has 4 heteroatoms. The molecule has 0 amide bonds. The molecular formula is C10H9N3O. The first-order chi connectivity index (χ1) is 6.86. The largest absolute Gasteiger partial charge is 0.507 e. The number of aliphatic hydroxyl groups is 1. The molecule has 0 spiro atoms. The van der Waals surface area contributed by atoms with E-state index in [-0.39, 0.29) is 5.76 Å². The number of rotatable bonds is 2. The van der Waals surface area contributed by atoms with Gasteiger partial charge in [0.05, 0.1) is 0 Å². The molecule has 0 saturated heterocycles. The van der Waals surface area contributed by atoms with Gasteiger partial charge in [-0.25, -0.2) is 0 Å². The van der Waals surface area contributed by atoms with E-state index in [1.54, 1.807) is 12.3 Å². The van der Waals surface area contributed by atoms with Crippen molar-refractivity contribution < 1.29 is 5.11 Å². The van der Waals surface area contributed by atoms with E-state index in [0.717, 1.165) is 5.56 Å². The molecule has 0 saturated carbocycles. The fraction of sp³-hybridized carbons (Fsp3) is 0. The number of aromatic amines is 1. The van der Waals surface area contributed by atoms with Crippen LogP contribution < -0.4 is 0 Å². The van der Waals surface area contributed by atoms with Gasteiger partial charge in [-0.3, -0.25) is 5.10 Å². The van der Waals surface area contributed by atoms with Crippen LogP contribution in [0, 0.1) is 0 Å². The third-order valence-corrected chi connectivity index (χ3v) is 1.79. The summed E-state index contributed by atoms with van der Waals surface area (Å²) in [6.07, 6.45) is 3.16. The number of H-pyrrole nitrogens is 1. The van der Waals surface area contributed by atoms with E-state index in [9.17, 15) is 5.11 Å². The molecule has 0 aliphatic rings. The maximum absolute atomic E-state index is 9.67. The first-order valence-electron chi connectivity index (χ1n) is 4.19. The molecule has 0 unspecified atom stereocenters. The molecule has 4 nitrogen and oxygen atoms in total. The van der Waals surface area contributed by atoms with Gasteiger partial charge in [0.1, 0.15) is 11.5 Å². The number of aliphatic hydroxyl groups excluding tert-OH is 1. The zero-order chi connectivity index (χ0) is 9.80. The van der Waals surface area contributed by atoms with Gasteiger partial charge in [-0.2, -0.15) is 0 Å². The minimum Gasteiger partial charge on any atom is -0.507 e. The Bertz CT molecular complexity index is 420. The highest BCUT2D eigenvalue weighted by atomic mass is 16.3. The SMILES string of the molecule is OC(=Cc1c[nH]nn1)c1ccccc1. The van der Waals surface area contributed by atoms with Crippen molar-refractivity contribution in [2.24, 2.45) is 0 Å². The molecule has 0 atom stereocenters. The minimum atomic E-state index is 0.180. The predicted octanol–water partition coefficient (Wildman–Crippen LogP) is 1.86. The topological polar surface area (TPSA) is 61.8 Å². The second-order valence-corrected chi connectivity index (χ2v) is 2.79. The van der Waals surface area contributed by atoms with Gasteiger partial charge < -0.3 is 5.11 Å². The van der Waals surface area contributed by atoms with Gasteiger partial charge >= 0.3 is 0 Å². The number of benzene rings is 1. The molecule has 1 heterocycles. The predicted molar refractivity (Wildman–Crippen MR) is 53.3 cm³/mol. The number of nitrogens with one attached hydrogen (secondary N) is 1. The van der Waals surface area contributed by atoms with Crippen LogP contribution >= 0.6 is 0 Å². The normalized spacial score (nSPS) is 11.6. The van der Waals surface area contributed by atoms with Crippen LogP contribution in [0.5, 0.6) is 0 Å². The molecular weight excluding hydrogens is 178 g/mol. The molecule has 0 aliphatic carbocycles. The standard InChI is InChI=1S/C10H9N3O/c14-10(6-9-7-11-13-12-9)8-4-2-1-3-5-8/h1-7,14H,(H,11,12,13). The molecule has 2 N–H and O–H groups in total. The van der Waals surface area contributed by atoms with Gasteiger partial charge in [-0.05, 0) is 0 Å². The van der Waals surface area contributed by atoms with Crippen LogP contribution in [0.1, 0.15) is 11.3 Å². The lowest BCUT2D eigenvalue weighted by Gasteiger charge is -1.97. The molecule has 0 fully saturated rings. The lowest BCUT2D eigenvalue weighted by molar-refractivity contribution is 0.515. The third-order valence-electron chi connectivity index (χ3n) is 1.79. The molecule has 1 aromatic carbocycles. The second kappa shape index (κ2) is 3.74. The van der Waals surface area contributed by atoms with E-state index in [2.05, 4.69) is 15.4 Å². The van der Waals surface area contributed by atoms with Gasteiger partial charge in [0, 0.05) is 17.8 Å². The van der Waals surface area contributed by atoms with E-state index in [1.807, 2.05) is 30.3 Å². The highest BCUT2D eigenvalue weighted by Crippen LogP contribution is 2.12. The molecule has 14 heavy (non-hydrogen) atoms. The first-order valence-corrected chi connectivity index (χ1v) is 4.19. The van der Waals surface area contributed by atoms with Crippen molar-refractivity contribution >= 4 is 11.8 Å². The lowest BCUT2D eigenvalue weighted by atomic mass is 10.2. The van der Waals surface area contributed by atoms with Gasteiger partial charge in [0.2, 0.25) is 0 Å². The molecule has 2 rings (SSSR count). The minimum absolute atomic E-state index is 0.180. The van der Waals surface area contributed by atoms with Gasteiger partial charge in [0.15, 0.2) is 0 Å². The number of nitrogens with zero attached hydrogens (tertiary/aromatic N) is 2. The summed E-state index contributed by atoms with van der Waals surface area (Å²) in [6.45, 7) is 0. The van der Waals surface area contributed by atoms with E-state index in [0.29, 0.717) is 5.69 Å². The van der Waals surface area contributed by atoms with Crippen LogP contribution in [0.25, 0.3) is 11.8 Å². The Balaban J connectivity index is 2.29. The van der Waals surface area contributed by atoms with Crippen molar-refractivity contribution in [3.05, 3.63) is 47.8 Å². The molecule has 0 bridgehead atoms. The van der Waals surface area contributed by atoms with Crippen molar-refractivity contribution in [2.45, 2.75) is 0 Å². The molecule has 70 valence electrons. The lowest BCUT2D eigenvalue weighted by Crippen LogP contribution is -1.82. The van der Waals surface area contributed by atoms with Crippen molar-refractivity contribution in [3.8, 4) is 0 Å². The second-order valence-electron chi connectivity index (χ2n) is 2.79. The van der Waals surface area contributed by atoms with E-state index >= 15 is 0 Å². The highest BCUT2D eigenvalue weighted by Gasteiger charge is 1.98. The Kier molecular flexibility index (Phi) is 2.27. The van der Waals surface area contributed by atoms with Crippen LogP contribution in [-0.4, -0.2) is 20.5 Å². The Morgan fingerprint density at radius 1 is 1.29 bits per heavy atom. The van der Waals surface area contributed by atoms with E-state index < -0.39 is 0 Å². The van der Waals surface area contributed by atoms with E-state index in [1.165, 1.54) is 0 Å². The summed E-state index contributed by atoms with van der Waals surface area (Å²) in [6, 6.07) is 9.27. The Morgan fingerprint density at radius 2 is 2.07 bits per heavy atom. The van der Waals surface area contributed by atoms with Crippen molar-refractivity contribution in [3.63, 3.8) is 0 Å². The third kappa shape index (κ3) is 1.80. The van der Waals surface area contributed by atoms with Gasteiger partial charge in [0.25, 0.3) is 0 Å². The fourth-order valence-electron chi connectivity index (χ4n) is 1.11. The number of hydrogen-bond donors (Lipinski definition) is 2. The summed E-state index contributed by atoms with van der Waals surface area (Å²) in [5.41, 5.74) is 1.36. The van der Waals surface area contributed by atoms with Crippen LogP contribution in [0.15, 0.2) is 36.5 Å². The first kappa shape index (κ1) is 8.50. The molecule has 0 aliphatic heterocycles. The van der Waals surface area contributed by atoms with Gasteiger partial charge in [-0.15, -0.1) is 5.10 Å². The Labute approximate surface area is 80.9 Å². The van der Waals surface area contributed by atoms with Crippen molar-refractivity contribution in [1.29, 1.82) is 0 Å². The average Bonchev–Trinajstić information content (AvgIpc) is 2.72. The summed E-state index contributed by atoms with van der Waals surface area (Å²) in [4.78, 5) is 0. The summed E-state index contributed by atoms with van der Waals surface area (Å²) >= 11 is 0. The Hall–Kier alpha value is -2.10. The summed E-state index contributed by atoms with van der Waals surface area (Å²) in [5, 5.41) is 19.5. The van der Waals surface area contributed by atoms with Crippen molar-refractivity contribution in [2.75, 3.05) is 0 Å². The zero-order valence-corrected chi connectivity index (χ0v) is 7.38. The average molecular weight is 187 g/mol. The molecule has 2 aromatic rings. The fourth-order valence-corrected chi connectivity index (χ4v) is 1.11. The highest BCUT2D eigenvalue weighted by molar-refractivity contribution is 5.74.